The monoisotopic (exact) mass is 543 g/mol. The van der Waals surface area contributed by atoms with Gasteiger partial charge in [-0.15, -0.1) is 0 Å². The number of para-hydroxylation sites is 2. The van der Waals surface area contributed by atoms with E-state index in [2.05, 4.69) is 10.2 Å². The minimum absolute atomic E-state index is 0.0317. The Morgan fingerprint density at radius 2 is 1.87 bits per heavy atom. The lowest BCUT2D eigenvalue weighted by Gasteiger charge is -2.38. The number of carbonyl (C=O) groups excluding carboxylic acids is 1. The van der Waals surface area contributed by atoms with Gasteiger partial charge in [-0.3, -0.25) is 13.9 Å². The summed E-state index contributed by atoms with van der Waals surface area (Å²) in [6, 6.07) is 9.27. The summed E-state index contributed by atoms with van der Waals surface area (Å²) in [7, 11) is 1.66. The number of rotatable bonds is 8. The van der Waals surface area contributed by atoms with Crippen LogP contribution in [-0.4, -0.2) is 72.0 Å². The van der Waals surface area contributed by atoms with Crippen molar-refractivity contribution in [3.8, 4) is 11.5 Å². The Kier molecular flexibility index (Phi) is 7.83. The van der Waals surface area contributed by atoms with E-state index in [1.165, 1.54) is 6.07 Å². The summed E-state index contributed by atoms with van der Waals surface area (Å²) in [5.74, 6) is 0.329. The van der Waals surface area contributed by atoms with Crippen molar-refractivity contribution in [2.75, 3.05) is 45.7 Å². The van der Waals surface area contributed by atoms with Crippen LogP contribution in [0.3, 0.4) is 0 Å². The van der Waals surface area contributed by atoms with Gasteiger partial charge in [0.1, 0.15) is 13.2 Å². The van der Waals surface area contributed by atoms with Crippen LogP contribution in [-0.2, 0) is 17.8 Å². The van der Waals surface area contributed by atoms with Crippen molar-refractivity contribution in [3.05, 3.63) is 51.4 Å². The second-order valence-electron chi connectivity index (χ2n) is 9.64. The molecule has 0 spiro atoms. The third-order valence-electron chi connectivity index (χ3n) is 7.40. The molecule has 2 aliphatic rings. The normalized spacial score (nSPS) is 19.6. The number of likely N-dealkylation sites (tertiary alicyclic amines) is 1. The Balaban J connectivity index is 1.21. The van der Waals surface area contributed by atoms with Crippen LogP contribution >= 0.6 is 11.6 Å². The van der Waals surface area contributed by atoms with Crippen molar-refractivity contribution < 1.29 is 19.0 Å². The molecular weight excluding hydrogens is 510 g/mol. The van der Waals surface area contributed by atoms with Crippen LogP contribution in [0.25, 0.3) is 11.0 Å². The van der Waals surface area contributed by atoms with Gasteiger partial charge >= 0.3 is 5.69 Å². The van der Waals surface area contributed by atoms with Crippen molar-refractivity contribution >= 4 is 34.2 Å². The summed E-state index contributed by atoms with van der Waals surface area (Å²) in [6.07, 6.45) is 1.37. The first kappa shape index (κ1) is 26.4. The van der Waals surface area contributed by atoms with Gasteiger partial charge in [0.15, 0.2) is 11.5 Å². The van der Waals surface area contributed by atoms with E-state index in [1.54, 1.807) is 7.11 Å². The fraction of sp³-hybridized carbons (Fsp3) is 0.481. The van der Waals surface area contributed by atoms with Crippen LogP contribution < -0.4 is 26.2 Å². The zero-order valence-electron chi connectivity index (χ0n) is 21.7. The molecule has 3 heterocycles. The number of fused-ring (bicyclic) bond motifs is 2. The first-order chi connectivity index (χ1) is 18.4. The van der Waals surface area contributed by atoms with Crippen LogP contribution in [0.5, 0.6) is 11.5 Å². The smallest absolute Gasteiger partial charge is 0.329 e. The van der Waals surface area contributed by atoms with Crippen molar-refractivity contribution in [2.24, 2.45) is 0 Å². The molecule has 0 radical (unpaired) electrons. The number of hydrogen-bond acceptors (Lipinski definition) is 7. The molecule has 2 aliphatic heterocycles. The number of aromatic nitrogens is 2. The molecule has 0 saturated carbocycles. The molecule has 10 nitrogen and oxygen atoms in total. The standard InChI is InChI=1S/C27H34ClN5O5/c1-3-32-20-7-4-5-8-21(20)33(27(32)35)11-6-10-31-12-9-19(22(16-31)36-2)30-26(34)17-15-18(28)23(29)25-24(17)37-13-14-38-25/h4-5,7-8,15,19,22H,3,6,9-14,16,29H2,1-2H3,(H,30,34)/t19-,22+/m0/s1. The number of carbonyl (C=O) groups is 1. The largest absolute Gasteiger partial charge is 0.485 e. The van der Waals surface area contributed by atoms with Gasteiger partial charge in [0, 0.05) is 33.3 Å². The quantitative estimate of drug-likeness (QED) is 0.420. The number of methoxy groups -OCH3 is 1. The Hall–Kier alpha value is -3.21. The maximum atomic E-state index is 13.2. The topological polar surface area (TPSA) is 113 Å². The molecule has 1 saturated heterocycles. The number of nitrogens with one attached hydrogen (secondary N) is 1. The number of imidazole rings is 1. The number of nitrogens with two attached hydrogens (primary N) is 1. The first-order valence-electron chi connectivity index (χ1n) is 13.0. The minimum Gasteiger partial charge on any atom is -0.485 e. The van der Waals surface area contributed by atoms with E-state index >= 15 is 0 Å². The highest BCUT2D eigenvalue weighted by Crippen LogP contribution is 2.43. The van der Waals surface area contributed by atoms with Crippen LogP contribution in [0.2, 0.25) is 5.02 Å². The predicted octanol–water partition coefficient (Wildman–Crippen LogP) is 2.74. The second-order valence-corrected chi connectivity index (χ2v) is 10.0. The molecule has 11 heteroatoms. The van der Waals surface area contributed by atoms with Gasteiger partial charge in [0.2, 0.25) is 0 Å². The number of benzene rings is 2. The second kappa shape index (κ2) is 11.3. The van der Waals surface area contributed by atoms with Crippen molar-refractivity contribution in [1.82, 2.24) is 19.4 Å². The summed E-state index contributed by atoms with van der Waals surface area (Å²) in [5.41, 5.74) is 8.56. The molecule has 2 aromatic carbocycles. The molecule has 5 rings (SSSR count). The van der Waals surface area contributed by atoms with Gasteiger partial charge < -0.3 is 30.2 Å². The number of amides is 1. The average molecular weight is 544 g/mol. The lowest BCUT2D eigenvalue weighted by molar-refractivity contribution is 0.00581. The van der Waals surface area contributed by atoms with E-state index in [0.717, 1.165) is 37.0 Å². The third kappa shape index (κ3) is 4.95. The van der Waals surface area contributed by atoms with Crippen LogP contribution in [0.4, 0.5) is 5.69 Å². The van der Waals surface area contributed by atoms with Gasteiger partial charge in [0.05, 0.1) is 39.5 Å². The number of hydrogen-bond donors (Lipinski definition) is 2. The molecule has 1 fully saturated rings. The summed E-state index contributed by atoms with van der Waals surface area (Å²) >= 11 is 6.26. The Labute approximate surface area is 226 Å². The van der Waals surface area contributed by atoms with Gasteiger partial charge in [-0.25, -0.2) is 4.79 Å². The Bertz CT molecular complexity index is 1390. The molecule has 0 aliphatic carbocycles. The third-order valence-corrected chi connectivity index (χ3v) is 7.72. The SMILES string of the molecule is CCn1c(=O)n(CCCN2CC[C@H](NC(=O)c3cc(Cl)c(N)c4c3OCCO4)[C@H](OC)C2)c2ccccc21. The Morgan fingerprint density at radius 1 is 1.16 bits per heavy atom. The molecular formula is C27H34ClN5O5. The molecule has 2 atom stereocenters. The van der Waals surface area contributed by atoms with Crippen molar-refractivity contribution in [3.63, 3.8) is 0 Å². The van der Waals surface area contributed by atoms with Crippen LogP contribution in [0.15, 0.2) is 35.1 Å². The average Bonchev–Trinajstić information content (AvgIpc) is 3.21. The highest BCUT2D eigenvalue weighted by Gasteiger charge is 2.32. The highest BCUT2D eigenvalue weighted by molar-refractivity contribution is 6.34. The molecule has 3 aromatic rings. The number of anilines is 1. The fourth-order valence-corrected chi connectivity index (χ4v) is 5.64. The van der Waals surface area contributed by atoms with E-state index in [9.17, 15) is 9.59 Å². The number of nitrogen functional groups attached to an aromatic ring is 1. The van der Waals surface area contributed by atoms with E-state index < -0.39 is 0 Å². The highest BCUT2D eigenvalue weighted by atomic mass is 35.5. The summed E-state index contributed by atoms with van der Waals surface area (Å²) < 4.78 is 20.8. The van der Waals surface area contributed by atoms with Gasteiger partial charge in [0.25, 0.3) is 5.91 Å². The van der Waals surface area contributed by atoms with Crippen molar-refractivity contribution in [2.45, 2.75) is 45.0 Å². The molecule has 1 amide bonds. The molecule has 0 bridgehead atoms. The van der Waals surface area contributed by atoms with Gasteiger partial charge in [-0.1, -0.05) is 23.7 Å². The zero-order chi connectivity index (χ0) is 26.8. The van der Waals surface area contributed by atoms with Crippen LogP contribution in [0, 0.1) is 0 Å². The number of nitrogens with zero attached hydrogens (tertiary/aromatic N) is 3. The molecule has 3 N–H and O–H groups in total. The van der Waals surface area contributed by atoms with Gasteiger partial charge in [-0.05, 0) is 44.5 Å². The fourth-order valence-electron chi connectivity index (χ4n) is 5.45. The number of halogens is 1. The van der Waals surface area contributed by atoms with E-state index in [-0.39, 0.29) is 34.5 Å². The minimum atomic E-state index is -0.305. The van der Waals surface area contributed by atoms with Crippen molar-refractivity contribution in [1.29, 1.82) is 0 Å². The lowest BCUT2D eigenvalue weighted by atomic mass is 10.0. The molecule has 0 unspecified atom stereocenters. The maximum absolute atomic E-state index is 13.2. The first-order valence-corrected chi connectivity index (χ1v) is 13.4. The maximum Gasteiger partial charge on any atom is 0.329 e. The summed E-state index contributed by atoms with van der Waals surface area (Å²) in [4.78, 5) is 28.5. The van der Waals surface area contributed by atoms with Gasteiger partial charge in [-0.2, -0.15) is 0 Å². The predicted molar refractivity (Wildman–Crippen MR) is 146 cm³/mol. The number of piperidine rings is 1. The number of aryl methyl sites for hydroxylation is 2. The van der Waals surface area contributed by atoms with E-state index in [1.807, 2.05) is 40.3 Å². The molecule has 1 aromatic heterocycles. The van der Waals surface area contributed by atoms with E-state index in [4.69, 9.17) is 31.5 Å². The van der Waals surface area contributed by atoms with Crippen LogP contribution in [0.1, 0.15) is 30.1 Å². The summed E-state index contributed by atoms with van der Waals surface area (Å²) in [6.45, 7) is 6.26. The lowest BCUT2D eigenvalue weighted by Crippen LogP contribution is -2.55. The van der Waals surface area contributed by atoms with E-state index in [0.29, 0.717) is 49.9 Å². The molecule has 204 valence electrons. The number of ether oxygens (including phenoxy) is 3. The Morgan fingerprint density at radius 3 is 2.58 bits per heavy atom. The molecule has 38 heavy (non-hydrogen) atoms. The zero-order valence-corrected chi connectivity index (χ0v) is 22.5. The summed E-state index contributed by atoms with van der Waals surface area (Å²) in [5, 5.41) is 3.35.